The molecule has 0 aliphatic rings. The fourth-order valence-corrected chi connectivity index (χ4v) is 1.97. The largest absolute Gasteiger partial charge is 0.294 e. The molecule has 0 unspecified atom stereocenters. The Balaban J connectivity index is 2.11. The third-order valence-corrected chi connectivity index (χ3v) is 2.86. The Morgan fingerprint density at radius 2 is 2.50 bits per heavy atom. The number of nitrogens with one attached hydrogen (secondary N) is 1. The number of carbonyl (C=O) groups is 1. The molecule has 6 nitrogen and oxygen atoms in total. The molecule has 0 aliphatic carbocycles. The van der Waals surface area contributed by atoms with Gasteiger partial charge in [0.2, 0.25) is 0 Å². The summed E-state index contributed by atoms with van der Waals surface area (Å²) in [6.07, 6.45) is 1.87. The van der Waals surface area contributed by atoms with Gasteiger partial charge < -0.3 is 0 Å². The van der Waals surface area contributed by atoms with E-state index in [0.717, 1.165) is 11.4 Å². The van der Waals surface area contributed by atoms with E-state index in [1.165, 1.54) is 11.3 Å². The van der Waals surface area contributed by atoms with Gasteiger partial charge >= 0.3 is 0 Å². The topological polar surface area (TPSA) is 85.8 Å². The van der Waals surface area contributed by atoms with Gasteiger partial charge in [0, 0.05) is 11.6 Å². The van der Waals surface area contributed by atoms with E-state index >= 15 is 0 Å². The number of hydrogen-bond donors (Lipinski definition) is 2. The van der Waals surface area contributed by atoms with Crippen molar-refractivity contribution < 1.29 is 4.79 Å². The van der Waals surface area contributed by atoms with Crippen LogP contribution >= 0.6 is 11.3 Å². The standard InChI is InChI=1S/C9H11N5OS/c1-6-2-3-14(13-6)4-7-5-16-9(11-7)8(15)12-10/h2-3,5H,4,10H2,1H3,(H,12,15). The Labute approximate surface area is 96.1 Å². The van der Waals surface area contributed by atoms with Crippen molar-refractivity contribution in [3.63, 3.8) is 0 Å². The summed E-state index contributed by atoms with van der Waals surface area (Å²) < 4.78 is 1.77. The van der Waals surface area contributed by atoms with E-state index in [1.807, 2.05) is 30.0 Å². The third-order valence-electron chi connectivity index (χ3n) is 1.98. The molecular formula is C9H11N5OS. The van der Waals surface area contributed by atoms with Crippen molar-refractivity contribution in [3.8, 4) is 0 Å². The SMILES string of the molecule is Cc1ccn(Cc2csc(C(=O)NN)n2)n1. The highest BCUT2D eigenvalue weighted by atomic mass is 32.1. The van der Waals surface area contributed by atoms with Crippen LogP contribution in [0.15, 0.2) is 17.6 Å². The molecular weight excluding hydrogens is 226 g/mol. The minimum Gasteiger partial charge on any atom is -0.288 e. The van der Waals surface area contributed by atoms with Gasteiger partial charge in [-0.1, -0.05) is 0 Å². The van der Waals surface area contributed by atoms with E-state index in [2.05, 4.69) is 10.1 Å². The fourth-order valence-electron chi connectivity index (χ4n) is 1.26. The maximum Gasteiger partial charge on any atom is 0.294 e. The highest BCUT2D eigenvalue weighted by Crippen LogP contribution is 2.10. The number of carbonyl (C=O) groups excluding carboxylic acids is 1. The van der Waals surface area contributed by atoms with Crippen molar-refractivity contribution in [3.05, 3.63) is 34.0 Å². The second kappa shape index (κ2) is 4.42. The molecule has 7 heteroatoms. The summed E-state index contributed by atoms with van der Waals surface area (Å²) >= 11 is 1.26. The van der Waals surface area contributed by atoms with Crippen molar-refractivity contribution in [2.24, 2.45) is 5.84 Å². The van der Waals surface area contributed by atoms with Crippen LogP contribution in [0.2, 0.25) is 0 Å². The quantitative estimate of drug-likeness (QED) is 0.456. The summed E-state index contributed by atoms with van der Waals surface area (Å²) in [5, 5.41) is 6.42. The summed E-state index contributed by atoms with van der Waals surface area (Å²) in [7, 11) is 0. The van der Waals surface area contributed by atoms with Gasteiger partial charge in [-0.2, -0.15) is 5.10 Å². The summed E-state index contributed by atoms with van der Waals surface area (Å²) in [4.78, 5) is 15.3. The highest BCUT2D eigenvalue weighted by molar-refractivity contribution is 7.11. The van der Waals surface area contributed by atoms with Gasteiger partial charge in [-0.05, 0) is 13.0 Å². The summed E-state index contributed by atoms with van der Waals surface area (Å²) in [5.41, 5.74) is 3.80. The molecule has 0 atom stereocenters. The number of aromatic nitrogens is 3. The Kier molecular flexibility index (Phi) is 2.97. The lowest BCUT2D eigenvalue weighted by Crippen LogP contribution is -2.29. The lowest BCUT2D eigenvalue weighted by atomic mass is 10.5. The van der Waals surface area contributed by atoms with E-state index in [1.54, 1.807) is 4.68 Å². The van der Waals surface area contributed by atoms with Crippen LogP contribution in [0.4, 0.5) is 0 Å². The first-order valence-electron chi connectivity index (χ1n) is 4.64. The maximum absolute atomic E-state index is 11.2. The molecule has 0 spiro atoms. The first-order valence-corrected chi connectivity index (χ1v) is 5.52. The van der Waals surface area contributed by atoms with Crippen LogP contribution in [0.25, 0.3) is 0 Å². The molecule has 0 aliphatic heterocycles. The second-order valence-electron chi connectivity index (χ2n) is 3.27. The van der Waals surface area contributed by atoms with Gasteiger partial charge in [0.1, 0.15) is 0 Å². The average molecular weight is 237 g/mol. The molecule has 0 bridgehead atoms. The van der Waals surface area contributed by atoms with Crippen LogP contribution in [0.1, 0.15) is 21.2 Å². The number of nitrogen functional groups attached to an aromatic ring is 1. The molecule has 0 saturated carbocycles. The number of nitrogens with two attached hydrogens (primary N) is 1. The normalized spacial score (nSPS) is 10.4. The van der Waals surface area contributed by atoms with Crippen molar-refractivity contribution in [1.82, 2.24) is 20.2 Å². The first kappa shape index (κ1) is 10.8. The van der Waals surface area contributed by atoms with E-state index in [9.17, 15) is 4.79 Å². The maximum atomic E-state index is 11.2. The monoisotopic (exact) mass is 237 g/mol. The number of amides is 1. The van der Waals surface area contributed by atoms with Gasteiger partial charge in [-0.15, -0.1) is 11.3 Å². The fraction of sp³-hybridized carbons (Fsp3) is 0.222. The van der Waals surface area contributed by atoms with Gasteiger partial charge in [-0.25, -0.2) is 10.8 Å². The lowest BCUT2D eigenvalue weighted by molar-refractivity contribution is 0.0953. The lowest BCUT2D eigenvalue weighted by Gasteiger charge is -1.96. The van der Waals surface area contributed by atoms with Crippen molar-refractivity contribution in [2.45, 2.75) is 13.5 Å². The Hall–Kier alpha value is -1.73. The molecule has 2 aromatic heterocycles. The minimum absolute atomic E-state index is 0.362. The Morgan fingerprint density at radius 3 is 3.12 bits per heavy atom. The van der Waals surface area contributed by atoms with E-state index < -0.39 is 0 Å². The number of nitrogens with zero attached hydrogens (tertiary/aromatic N) is 3. The highest BCUT2D eigenvalue weighted by Gasteiger charge is 2.09. The number of aryl methyl sites for hydroxylation is 1. The third kappa shape index (κ3) is 2.26. The first-order chi connectivity index (χ1) is 7.69. The summed E-state index contributed by atoms with van der Waals surface area (Å²) in [5.74, 6) is 4.65. The molecule has 0 radical (unpaired) electrons. The number of hydrazine groups is 1. The molecule has 0 saturated heterocycles. The zero-order valence-electron chi connectivity index (χ0n) is 8.67. The van der Waals surface area contributed by atoms with Crippen molar-refractivity contribution >= 4 is 17.2 Å². The zero-order chi connectivity index (χ0) is 11.5. The molecule has 2 aromatic rings. The molecule has 1 amide bonds. The smallest absolute Gasteiger partial charge is 0.288 e. The van der Waals surface area contributed by atoms with E-state index in [-0.39, 0.29) is 5.91 Å². The van der Waals surface area contributed by atoms with Crippen LogP contribution in [0.3, 0.4) is 0 Å². The molecule has 0 aromatic carbocycles. The Morgan fingerprint density at radius 1 is 1.69 bits per heavy atom. The minimum atomic E-state index is -0.368. The molecule has 2 heterocycles. The van der Waals surface area contributed by atoms with Crippen LogP contribution < -0.4 is 11.3 Å². The van der Waals surface area contributed by atoms with Crippen LogP contribution in [0, 0.1) is 6.92 Å². The van der Waals surface area contributed by atoms with E-state index in [0.29, 0.717) is 11.6 Å². The molecule has 84 valence electrons. The van der Waals surface area contributed by atoms with Gasteiger partial charge in [0.15, 0.2) is 5.01 Å². The predicted octanol–water partition coefficient (Wildman–Crippen LogP) is 0.300. The summed E-state index contributed by atoms with van der Waals surface area (Å²) in [6, 6.07) is 1.92. The summed E-state index contributed by atoms with van der Waals surface area (Å²) in [6.45, 7) is 2.48. The molecule has 16 heavy (non-hydrogen) atoms. The average Bonchev–Trinajstić information content (AvgIpc) is 2.87. The molecule has 3 N–H and O–H groups in total. The predicted molar refractivity (Wildman–Crippen MR) is 59.8 cm³/mol. The zero-order valence-corrected chi connectivity index (χ0v) is 9.49. The Bertz CT molecular complexity index is 503. The van der Waals surface area contributed by atoms with Crippen molar-refractivity contribution in [1.29, 1.82) is 0 Å². The van der Waals surface area contributed by atoms with Crippen LogP contribution in [-0.4, -0.2) is 20.7 Å². The molecule has 0 fully saturated rings. The van der Waals surface area contributed by atoms with E-state index in [4.69, 9.17) is 5.84 Å². The van der Waals surface area contributed by atoms with Crippen LogP contribution in [0.5, 0.6) is 0 Å². The van der Waals surface area contributed by atoms with Gasteiger partial charge in [0.25, 0.3) is 5.91 Å². The van der Waals surface area contributed by atoms with Crippen molar-refractivity contribution in [2.75, 3.05) is 0 Å². The number of thiazole rings is 1. The number of hydrogen-bond acceptors (Lipinski definition) is 5. The van der Waals surface area contributed by atoms with Gasteiger partial charge in [-0.3, -0.25) is 14.9 Å². The van der Waals surface area contributed by atoms with Gasteiger partial charge in [0.05, 0.1) is 17.9 Å². The second-order valence-corrected chi connectivity index (χ2v) is 4.13. The van der Waals surface area contributed by atoms with Crippen LogP contribution in [-0.2, 0) is 6.54 Å². The number of rotatable bonds is 3. The molecule has 2 rings (SSSR count).